The zero-order valence-corrected chi connectivity index (χ0v) is 11.4. The Morgan fingerprint density at radius 2 is 2.28 bits per heavy atom. The van der Waals surface area contributed by atoms with Crippen molar-refractivity contribution >= 4 is 17.7 Å². The second kappa shape index (κ2) is 7.38. The number of hydrogen-bond acceptors (Lipinski definition) is 3. The van der Waals surface area contributed by atoms with Crippen molar-refractivity contribution in [3.63, 3.8) is 0 Å². The standard InChI is InChI=1S/C13H18FNO2S/c1-9(18-2)5-6-15-8-11-7-10(13(16)17)3-4-12(11)14/h3-4,7,9,15H,5-6,8H2,1-2H3,(H,16,17). The van der Waals surface area contributed by atoms with Crippen LogP contribution in [0.15, 0.2) is 18.2 Å². The van der Waals surface area contributed by atoms with Crippen molar-refractivity contribution in [3.05, 3.63) is 35.1 Å². The van der Waals surface area contributed by atoms with Gasteiger partial charge in [0, 0.05) is 17.4 Å². The second-order valence-corrected chi connectivity index (χ2v) is 5.40. The van der Waals surface area contributed by atoms with Crippen molar-refractivity contribution in [3.8, 4) is 0 Å². The van der Waals surface area contributed by atoms with E-state index in [4.69, 9.17) is 5.11 Å². The van der Waals surface area contributed by atoms with E-state index >= 15 is 0 Å². The Bertz CT molecular complexity index is 412. The molecule has 0 saturated carbocycles. The fourth-order valence-electron chi connectivity index (χ4n) is 1.49. The first kappa shape index (κ1) is 15.0. The number of benzene rings is 1. The normalized spacial score (nSPS) is 12.4. The fraction of sp³-hybridized carbons (Fsp3) is 0.462. The van der Waals surface area contributed by atoms with Crippen LogP contribution in [0.25, 0.3) is 0 Å². The molecule has 0 spiro atoms. The molecule has 0 aromatic heterocycles. The lowest BCUT2D eigenvalue weighted by Crippen LogP contribution is -2.18. The summed E-state index contributed by atoms with van der Waals surface area (Å²) in [6.07, 6.45) is 3.06. The van der Waals surface area contributed by atoms with E-state index in [9.17, 15) is 9.18 Å². The average Bonchev–Trinajstić information content (AvgIpc) is 2.35. The summed E-state index contributed by atoms with van der Waals surface area (Å²) in [6, 6.07) is 3.85. The van der Waals surface area contributed by atoms with Gasteiger partial charge in [-0.15, -0.1) is 0 Å². The molecular weight excluding hydrogens is 253 g/mol. The van der Waals surface area contributed by atoms with Crippen LogP contribution in [0.5, 0.6) is 0 Å². The molecule has 1 aromatic carbocycles. The van der Waals surface area contributed by atoms with Gasteiger partial charge in [-0.25, -0.2) is 9.18 Å². The van der Waals surface area contributed by atoms with Gasteiger partial charge in [0.05, 0.1) is 5.56 Å². The number of aromatic carboxylic acids is 1. The molecule has 0 saturated heterocycles. The van der Waals surface area contributed by atoms with Crippen LogP contribution in [0, 0.1) is 5.82 Å². The van der Waals surface area contributed by atoms with E-state index < -0.39 is 5.97 Å². The summed E-state index contributed by atoms with van der Waals surface area (Å²) in [5.74, 6) is -1.40. The van der Waals surface area contributed by atoms with Crippen LogP contribution in [0.4, 0.5) is 4.39 Å². The summed E-state index contributed by atoms with van der Waals surface area (Å²) in [4.78, 5) is 10.8. The molecule has 5 heteroatoms. The Kier molecular flexibility index (Phi) is 6.15. The zero-order chi connectivity index (χ0) is 13.5. The first-order valence-corrected chi connectivity index (χ1v) is 7.08. The molecule has 0 amide bonds. The van der Waals surface area contributed by atoms with E-state index in [1.807, 2.05) is 0 Å². The van der Waals surface area contributed by atoms with Crippen molar-refractivity contribution < 1.29 is 14.3 Å². The molecule has 0 heterocycles. The van der Waals surface area contributed by atoms with Crippen molar-refractivity contribution in [2.75, 3.05) is 12.8 Å². The van der Waals surface area contributed by atoms with Gasteiger partial charge in [0.25, 0.3) is 0 Å². The maximum atomic E-state index is 13.4. The largest absolute Gasteiger partial charge is 0.478 e. The number of halogens is 1. The zero-order valence-electron chi connectivity index (χ0n) is 10.6. The van der Waals surface area contributed by atoms with E-state index in [0.29, 0.717) is 17.4 Å². The van der Waals surface area contributed by atoms with Gasteiger partial charge < -0.3 is 10.4 Å². The van der Waals surface area contributed by atoms with Crippen LogP contribution < -0.4 is 5.32 Å². The number of nitrogens with one attached hydrogen (secondary N) is 1. The smallest absolute Gasteiger partial charge is 0.335 e. The lowest BCUT2D eigenvalue weighted by molar-refractivity contribution is 0.0696. The molecule has 1 rings (SSSR count). The monoisotopic (exact) mass is 271 g/mol. The van der Waals surface area contributed by atoms with E-state index in [1.54, 1.807) is 11.8 Å². The summed E-state index contributed by atoms with van der Waals surface area (Å²) in [7, 11) is 0. The number of thioether (sulfide) groups is 1. The molecular formula is C13H18FNO2S. The quantitative estimate of drug-likeness (QED) is 0.749. The Balaban J connectivity index is 2.51. The molecule has 0 bridgehead atoms. The molecule has 2 N–H and O–H groups in total. The molecule has 100 valence electrons. The Morgan fingerprint density at radius 3 is 2.89 bits per heavy atom. The topological polar surface area (TPSA) is 49.3 Å². The Labute approximate surface area is 111 Å². The summed E-state index contributed by atoms with van der Waals surface area (Å²) in [5, 5.41) is 12.5. The predicted molar refractivity (Wildman–Crippen MR) is 72.7 cm³/mol. The number of hydrogen-bond donors (Lipinski definition) is 2. The van der Waals surface area contributed by atoms with Crippen molar-refractivity contribution in [1.82, 2.24) is 5.32 Å². The number of carboxylic acids is 1. The van der Waals surface area contributed by atoms with Gasteiger partial charge in [-0.05, 0) is 37.4 Å². The summed E-state index contributed by atoms with van der Waals surface area (Å²) < 4.78 is 13.4. The minimum Gasteiger partial charge on any atom is -0.478 e. The molecule has 0 aliphatic carbocycles. The van der Waals surface area contributed by atoms with Crippen LogP contribution in [0.3, 0.4) is 0 Å². The van der Waals surface area contributed by atoms with Crippen LogP contribution in [0.2, 0.25) is 0 Å². The van der Waals surface area contributed by atoms with Crippen LogP contribution in [-0.4, -0.2) is 29.1 Å². The molecule has 1 atom stereocenters. The maximum Gasteiger partial charge on any atom is 0.335 e. The first-order valence-electron chi connectivity index (χ1n) is 5.79. The summed E-state index contributed by atoms with van der Waals surface area (Å²) >= 11 is 1.79. The molecule has 0 aliphatic rings. The van der Waals surface area contributed by atoms with Gasteiger partial charge >= 0.3 is 5.97 Å². The van der Waals surface area contributed by atoms with Gasteiger partial charge in [-0.3, -0.25) is 0 Å². The Morgan fingerprint density at radius 1 is 1.56 bits per heavy atom. The highest BCUT2D eigenvalue weighted by molar-refractivity contribution is 7.99. The van der Waals surface area contributed by atoms with Gasteiger partial charge in [-0.2, -0.15) is 11.8 Å². The summed E-state index contributed by atoms with van der Waals surface area (Å²) in [5.41, 5.74) is 0.511. The molecule has 0 radical (unpaired) electrons. The lowest BCUT2D eigenvalue weighted by Gasteiger charge is -2.10. The minimum absolute atomic E-state index is 0.116. The van der Waals surface area contributed by atoms with E-state index in [0.717, 1.165) is 13.0 Å². The van der Waals surface area contributed by atoms with E-state index in [2.05, 4.69) is 18.5 Å². The number of rotatable bonds is 7. The SMILES string of the molecule is CSC(C)CCNCc1cc(C(=O)O)ccc1F. The maximum absolute atomic E-state index is 13.4. The highest BCUT2D eigenvalue weighted by atomic mass is 32.2. The van der Waals surface area contributed by atoms with Crippen molar-refractivity contribution in [1.29, 1.82) is 0 Å². The van der Waals surface area contributed by atoms with Gasteiger partial charge in [0.15, 0.2) is 0 Å². The van der Waals surface area contributed by atoms with Crippen LogP contribution in [-0.2, 0) is 6.54 Å². The van der Waals surface area contributed by atoms with Crippen LogP contribution in [0.1, 0.15) is 29.3 Å². The highest BCUT2D eigenvalue weighted by Gasteiger charge is 2.08. The Hall–Kier alpha value is -1.07. The van der Waals surface area contributed by atoms with Gasteiger partial charge in [0.1, 0.15) is 5.82 Å². The number of carbonyl (C=O) groups is 1. The first-order chi connectivity index (χ1) is 8.54. The molecule has 18 heavy (non-hydrogen) atoms. The molecule has 3 nitrogen and oxygen atoms in total. The molecule has 1 aromatic rings. The van der Waals surface area contributed by atoms with E-state index in [1.165, 1.54) is 18.2 Å². The predicted octanol–water partition coefficient (Wildman–Crippen LogP) is 2.76. The second-order valence-electron chi connectivity index (χ2n) is 4.12. The lowest BCUT2D eigenvalue weighted by atomic mass is 10.1. The summed E-state index contributed by atoms with van der Waals surface area (Å²) in [6.45, 7) is 3.28. The van der Waals surface area contributed by atoms with Gasteiger partial charge in [-0.1, -0.05) is 6.92 Å². The minimum atomic E-state index is -1.03. The molecule has 0 aliphatic heterocycles. The highest BCUT2D eigenvalue weighted by Crippen LogP contribution is 2.11. The van der Waals surface area contributed by atoms with Crippen molar-refractivity contribution in [2.24, 2.45) is 0 Å². The van der Waals surface area contributed by atoms with Gasteiger partial charge in [0.2, 0.25) is 0 Å². The van der Waals surface area contributed by atoms with Crippen LogP contribution >= 0.6 is 11.8 Å². The third-order valence-corrected chi connectivity index (χ3v) is 3.78. The number of carboxylic acid groups (broad SMARTS) is 1. The fourth-order valence-corrected chi connectivity index (χ4v) is 1.84. The average molecular weight is 271 g/mol. The third-order valence-electron chi connectivity index (χ3n) is 2.74. The van der Waals surface area contributed by atoms with E-state index in [-0.39, 0.29) is 11.4 Å². The molecule has 0 fully saturated rings. The molecule has 1 unspecified atom stereocenters. The third kappa shape index (κ3) is 4.66. The van der Waals surface area contributed by atoms with Crippen molar-refractivity contribution in [2.45, 2.75) is 25.1 Å².